The summed E-state index contributed by atoms with van der Waals surface area (Å²) in [4.78, 5) is 0. The highest BCUT2D eigenvalue weighted by molar-refractivity contribution is 5.43. The van der Waals surface area contributed by atoms with Gasteiger partial charge in [-0.2, -0.15) is 0 Å². The molecule has 1 atom stereocenters. The minimum absolute atomic E-state index is 0.367. The van der Waals surface area contributed by atoms with Crippen molar-refractivity contribution in [2.75, 3.05) is 0 Å². The smallest absolute Gasteiger partial charge is 0.125 e. The number of para-hydroxylation sites is 1. The molecule has 1 aliphatic rings. The van der Waals surface area contributed by atoms with Crippen LogP contribution in [0, 0.1) is 6.92 Å². The van der Waals surface area contributed by atoms with Gasteiger partial charge in [-0.1, -0.05) is 32.0 Å². The van der Waals surface area contributed by atoms with E-state index in [4.69, 9.17) is 4.74 Å². The first-order valence-corrected chi connectivity index (χ1v) is 5.02. The van der Waals surface area contributed by atoms with Gasteiger partial charge in [0, 0.05) is 6.42 Å². The molecule has 0 bridgehead atoms. The van der Waals surface area contributed by atoms with Crippen molar-refractivity contribution in [2.45, 2.75) is 40.2 Å². The van der Waals surface area contributed by atoms with E-state index in [-0.39, 0.29) is 0 Å². The van der Waals surface area contributed by atoms with Crippen molar-refractivity contribution in [1.29, 1.82) is 0 Å². The first-order chi connectivity index (χ1) is 6.27. The van der Waals surface area contributed by atoms with Crippen LogP contribution in [-0.4, -0.2) is 6.10 Å². The number of hydrogen-bond acceptors (Lipinski definition) is 1. The maximum absolute atomic E-state index is 5.64. The summed E-state index contributed by atoms with van der Waals surface area (Å²) < 4.78 is 5.64. The molecule has 0 N–H and O–H groups in total. The first kappa shape index (κ1) is 10.1. The predicted octanol–water partition coefficient (Wildman–Crippen LogP) is 3.34. The minimum Gasteiger partial charge on any atom is -0.490 e. The second-order valence-corrected chi connectivity index (χ2v) is 3.20. The van der Waals surface area contributed by atoms with Crippen LogP contribution in [0.2, 0.25) is 0 Å². The van der Waals surface area contributed by atoms with Crippen LogP contribution < -0.4 is 4.74 Å². The minimum atomic E-state index is 0.367. The van der Waals surface area contributed by atoms with Crippen molar-refractivity contribution in [1.82, 2.24) is 0 Å². The SMILES string of the molecule is CC.Cc1cccc2c1OC(C)C2. The van der Waals surface area contributed by atoms with Gasteiger partial charge in [-0.25, -0.2) is 0 Å². The third kappa shape index (κ3) is 2.03. The molecule has 2 rings (SSSR count). The van der Waals surface area contributed by atoms with Gasteiger partial charge in [0.1, 0.15) is 11.9 Å². The highest BCUT2D eigenvalue weighted by Gasteiger charge is 2.19. The standard InChI is InChI=1S/C10H12O.C2H6/c1-7-4-3-5-9-6-8(2)11-10(7)9;1-2/h3-5,8H,6H2,1-2H3;1-2H3. The molecule has 0 aromatic heterocycles. The first-order valence-electron chi connectivity index (χ1n) is 5.02. The zero-order valence-corrected chi connectivity index (χ0v) is 8.92. The largest absolute Gasteiger partial charge is 0.490 e. The number of aryl methyl sites for hydroxylation is 1. The normalized spacial score (nSPS) is 18.3. The topological polar surface area (TPSA) is 9.23 Å². The molecule has 72 valence electrons. The predicted molar refractivity (Wildman–Crippen MR) is 56.3 cm³/mol. The lowest BCUT2D eigenvalue weighted by Crippen LogP contribution is -2.05. The van der Waals surface area contributed by atoms with E-state index in [0.29, 0.717) is 6.10 Å². The van der Waals surface area contributed by atoms with E-state index >= 15 is 0 Å². The Morgan fingerprint density at radius 1 is 1.31 bits per heavy atom. The van der Waals surface area contributed by atoms with Gasteiger partial charge >= 0.3 is 0 Å². The molecule has 1 heterocycles. The third-order valence-electron chi connectivity index (χ3n) is 2.12. The van der Waals surface area contributed by atoms with Crippen LogP contribution in [0.4, 0.5) is 0 Å². The molecule has 0 fully saturated rings. The Kier molecular flexibility index (Phi) is 3.35. The highest BCUT2D eigenvalue weighted by atomic mass is 16.5. The van der Waals surface area contributed by atoms with Crippen LogP contribution >= 0.6 is 0 Å². The Labute approximate surface area is 80.7 Å². The van der Waals surface area contributed by atoms with Crippen molar-refractivity contribution in [2.24, 2.45) is 0 Å². The van der Waals surface area contributed by atoms with Gasteiger partial charge in [-0.15, -0.1) is 0 Å². The van der Waals surface area contributed by atoms with Crippen LogP contribution in [-0.2, 0) is 6.42 Å². The van der Waals surface area contributed by atoms with Crippen LogP contribution in [0.15, 0.2) is 18.2 Å². The summed E-state index contributed by atoms with van der Waals surface area (Å²) in [5.41, 5.74) is 2.62. The Bertz CT molecular complexity index is 278. The van der Waals surface area contributed by atoms with E-state index in [1.54, 1.807) is 0 Å². The van der Waals surface area contributed by atoms with Gasteiger partial charge < -0.3 is 4.74 Å². The molecule has 0 spiro atoms. The van der Waals surface area contributed by atoms with Crippen molar-refractivity contribution >= 4 is 0 Å². The molecule has 0 radical (unpaired) electrons. The quantitative estimate of drug-likeness (QED) is 0.592. The third-order valence-corrected chi connectivity index (χ3v) is 2.12. The van der Waals surface area contributed by atoms with E-state index in [2.05, 4.69) is 32.0 Å². The van der Waals surface area contributed by atoms with Crippen LogP contribution in [0.25, 0.3) is 0 Å². The summed E-state index contributed by atoms with van der Waals surface area (Å²) in [7, 11) is 0. The molecular weight excluding hydrogens is 160 g/mol. The van der Waals surface area contributed by atoms with Gasteiger partial charge in [-0.3, -0.25) is 0 Å². The maximum Gasteiger partial charge on any atom is 0.125 e. The lowest BCUT2D eigenvalue weighted by molar-refractivity contribution is 0.253. The average molecular weight is 178 g/mol. The Balaban J connectivity index is 0.000000396. The number of fused-ring (bicyclic) bond motifs is 1. The zero-order valence-electron chi connectivity index (χ0n) is 8.92. The van der Waals surface area contributed by atoms with Gasteiger partial charge in [-0.05, 0) is 25.0 Å². The fourth-order valence-corrected chi connectivity index (χ4v) is 1.60. The number of rotatable bonds is 0. The Morgan fingerprint density at radius 3 is 2.62 bits per heavy atom. The molecule has 1 nitrogen and oxygen atoms in total. The van der Waals surface area contributed by atoms with E-state index in [1.165, 1.54) is 11.1 Å². The van der Waals surface area contributed by atoms with Crippen molar-refractivity contribution in [3.05, 3.63) is 29.3 Å². The Hall–Kier alpha value is -0.980. The lowest BCUT2D eigenvalue weighted by Gasteiger charge is -2.04. The molecule has 13 heavy (non-hydrogen) atoms. The Morgan fingerprint density at radius 2 is 2.00 bits per heavy atom. The van der Waals surface area contributed by atoms with E-state index in [9.17, 15) is 0 Å². The zero-order chi connectivity index (χ0) is 9.84. The number of ether oxygens (including phenoxy) is 1. The second-order valence-electron chi connectivity index (χ2n) is 3.20. The fraction of sp³-hybridized carbons (Fsp3) is 0.500. The summed E-state index contributed by atoms with van der Waals surface area (Å²) >= 11 is 0. The van der Waals surface area contributed by atoms with Gasteiger partial charge in [0.25, 0.3) is 0 Å². The molecule has 1 aliphatic heterocycles. The molecule has 0 aliphatic carbocycles. The van der Waals surface area contributed by atoms with Crippen molar-refractivity contribution < 1.29 is 4.74 Å². The van der Waals surface area contributed by atoms with E-state index in [0.717, 1.165) is 12.2 Å². The van der Waals surface area contributed by atoms with Crippen molar-refractivity contribution in [3.63, 3.8) is 0 Å². The highest BCUT2D eigenvalue weighted by Crippen LogP contribution is 2.31. The summed E-state index contributed by atoms with van der Waals surface area (Å²) in [6.07, 6.45) is 1.43. The van der Waals surface area contributed by atoms with E-state index in [1.807, 2.05) is 13.8 Å². The monoisotopic (exact) mass is 178 g/mol. The molecule has 1 heteroatoms. The summed E-state index contributed by atoms with van der Waals surface area (Å²) in [5.74, 6) is 1.11. The molecule has 0 amide bonds. The number of benzene rings is 1. The molecule has 1 aromatic carbocycles. The molecule has 1 aromatic rings. The van der Waals surface area contributed by atoms with Gasteiger partial charge in [0.05, 0.1) is 0 Å². The summed E-state index contributed by atoms with van der Waals surface area (Å²) in [5, 5.41) is 0. The van der Waals surface area contributed by atoms with Crippen LogP contribution in [0.5, 0.6) is 5.75 Å². The average Bonchev–Trinajstić information content (AvgIpc) is 2.51. The number of hydrogen-bond donors (Lipinski definition) is 0. The molecular formula is C12H18O. The molecule has 0 saturated carbocycles. The molecule has 1 unspecified atom stereocenters. The summed E-state index contributed by atoms with van der Waals surface area (Å²) in [6, 6.07) is 6.33. The molecule has 0 saturated heterocycles. The fourth-order valence-electron chi connectivity index (χ4n) is 1.60. The van der Waals surface area contributed by atoms with Crippen LogP contribution in [0.3, 0.4) is 0 Å². The second kappa shape index (κ2) is 4.31. The lowest BCUT2D eigenvalue weighted by atomic mass is 10.1. The van der Waals surface area contributed by atoms with Gasteiger partial charge in [0.15, 0.2) is 0 Å². The summed E-state index contributed by atoms with van der Waals surface area (Å²) in [6.45, 7) is 8.20. The van der Waals surface area contributed by atoms with Gasteiger partial charge in [0.2, 0.25) is 0 Å². The van der Waals surface area contributed by atoms with Crippen molar-refractivity contribution in [3.8, 4) is 5.75 Å². The maximum atomic E-state index is 5.64. The van der Waals surface area contributed by atoms with E-state index < -0.39 is 0 Å². The van der Waals surface area contributed by atoms with Crippen LogP contribution in [0.1, 0.15) is 31.9 Å².